The van der Waals surface area contributed by atoms with Crippen molar-refractivity contribution in [1.82, 2.24) is 19.0 Å². The van der Waals surface area contributed by atoms with Gasteiger partial charge in [-0.15, -0.1) is 0 Å². The highest BCUT2D eigenvalue weighted by molar-refractivity contribution is 7.89. The van der Waals surface area contributed by atoms with Crippen LogP contribution in [0.1, 0.15) is 37.7 Å². The molecule has 1 saturated carbocycles. The average Bonchev–Trinajstić information content (AvgIpc) is 3.12. The molecule has 6 nitrogen and oxygen atoms in total. The zero-order chi connectivity index (χ0) is 18.9. The van der Waals surface area contributed by atoms with E-state index in [1.54, 1.807) is 22.2 Å². The number of aromatic nitrogens is 2. The van der Waals surface area contributed by atoms with E-state index in [0.29, 0.717) is 18.0 Å². The molecular weight excluding hydrogens is 360 g/mol. The molecular formula is C20H28N4O2S. The fraction of sp³-hybridized carbons (Fsp3) is 0.550. The lowest BCUT2D eigenvalue weighted by molar-refractivity contribution is -0.00681. The van der Waals surface area contributed by atoms with Gasteiger partial charge >= 0.3 is 0 Å². The first kappa shape index (κ1) is 18.7. The second kappa shape index (κ2) is 7.37. The average molecular weight is 389 g/mol. The van der Waals surface area contributed by atoms with E-state index in [2.05, 4.69) is 34.3 Å². The number of nitrogens with zero attached hydrogens (tertiary/aromatic N) is 4. The molecule has 2 fully saturated rings. The standard InChI is InChI=1S/C20H28N4O2S/c1-22-16-19(14-21-22)27(25,26)24-13-12-23(15-18-8-4-2-5-9-18)20(17-24)10-6-3-7-11-20/h2,4-5,8-9,14,16H,3,6-7,10-13,15,17H2,1H3. The third kappa shape index (κ3) is 3.68. The molecule has 0 amide bonds. The smallest absolute Gasteiger partial charge is 0.246 e. The highest BCUT2D eigenvalue weighted by Crippen LogP contribution is 2.38. The molecule has 0 atom stereocenters. The van der Waals surface area contributed by atoms with Crippen molar-refractivity contribution in [3.8, 4) is 0 Å². The summed E-state index contributed by atoms with van der Waals surface area (Å²) < 4.78 is 29.5. The zero-order valence-corrected chi connectivity index (χ0v) is 16.7. The minimum Gasteiger partial charge on any atom is -0.291 e. The maximum atomic E-state index is 13.1. The number of hydrogen-bond donors (Lipinski definition) is 0. The van der Waals surface area contributed by atoms with Crippen molar-refractivity contribution in [1.29, 1.82) is 0 Å². The molecule has 1 aromatic heterocycles. The van der Waals surface area contributed by atoms with Gasteiger partial charge in [0, 0.05) is 45.0 Å². The molecule has 1 aromatic carbocycles. The summed E-state index contributed by atoms with van der Waals surface area (Å²) in [5.41, 5.74) is 1.24. The van der Waals surface area contributed by atoms with Crippen LogP contribution in [-0.2, 0) is 23.6 Å². The van der Waals surface area contributed by atoms with Crippen LogP contribution < -0.4 is 0 Å². The third-order valence-electron chi connectivity index (χ3n) is 6.08. The first-order valence-electron chi connectivity index (χ1n) is 9.77. The predicted molar refractivity (Wildman–Crippen MR) is 105 cm³/mol. The van der Waals surface area contributed by atoms with Crippen LogP contribution in [0.4, 0.5) is 0 Å². The molecule has 1 aliphatic carbocycles. The van der Waals surface area contributed by atoms with Crippen molar-refractivity contribution in [2.24, 2.45) is 7.05 Å². The lowest BCUT2D eigenvalue weighted by Crippen LogP contribution is -2.63. The summed E-state index contributed by atoms with van der Waals surface area (Å²) in [5, 5.41) is 4.05. The van der Waals surface area contributed by atoms with Crippen LogP contribution in [0.15, 0.2) is 47.6 Å². The molecule has 0 radical (unpaired) electrons. The largest absolute Gasteiger partial charge is 0.291 e. The second-order valence-corrected chi connectivity index (χ2v) is 9.82. The second-order valence-electron chi connectivity index (χ2n) is 7.88. The quantitative estimate of drug-likeness (QED) is 0.808. The Morgan fingerprint density at radius 2 is 1.81 bits per heavy atom. The number of rotatable bonds is 4. The van der Waals surface area contributed by atoms with Crippen LogP contribution in [0.5, 0.6) is 0 Å². The Balaban J connectivity index is 1.59. The molecule has 4 rings (SSSR count). The topological polar surface area (TPSA) is 58.4 Å². The van der Waals surface area contributed by atoms with Crippen molar-refractivity contribution < 1.29 is 8.42 Å². The Bertz CT molecular complexity index is 872. The molecule has 1 aliphatic heterocycles. The fourth-order valence-electron chi connectivity index (χ4n) is 4.60. The van der Waals surface area contributed by atoms with Crippen LogP contribution in [0.3, 0.4) is 0 Å². The molecule has 2 heterocycles. The Kier molecular flexibility index (Phi) is 5.09. The van der Waals surface area contributed by atoms with Crippen molar-refractivity contribution in [2.45, 2.75) is 49.1 Å². The van der Waals surface area contributed by atoms with Gasteiger partial charge in [0.25, 0.3) is 0 Å². The van der Waals surface area contributed by atoms with Gasteiger partial charge in [-0.3, -0.25) is 9.58 Å². The molecule has 0 unspecified atom stereocenters. The normalized spacial score (nSPS) is 21.5. The van der Waals surface area contributed by atoms with E-state index in [1.165, 1.54) is 31.0 Å². The van der Waals surface area contributed by atoms with Gasteiger partial charge in [-0.1, -0.05) is 49.6 Å². The Morgan fingerprint density at radius 3 is 2.48 bits per heavy atom. The van der Waals surface area contributed by atoms with E-state index in [1.807, 2.05) is 6.07 Å². The summed E-state index contributed by atoms with van der Waals surface area (Å²) >= 11 is 0. The van der Waals surface area contributed by atoms with Crippen LogP contribution in [0, 0.1) is 0 Å². The van der Waals surface area contributed by atoms with Crippen molar-refractivity contribution >= 4 is 10.0 Å². The van der Waals surface area contributed by atoms with E-state index in [-0.39, 0.29) is 5.54 Å². The zero-order valence-electron chi connectivity index (χ0n) is 15.9. The van der Waals surface area contributed by atoms with Gasteiger partial charge in [-0.2, -0.15) is 9.40 Å². The SMILES string of the molecule is Cn1cc(S(=O)(=O)N2CCN(Cc3ccccc3)C3(CCCCC3)C2)cn1. The summed E-state index contributed by atoms with van der Waals surface area (Å²) in [6.07, 6.45) is 8.78. The van der Waals surface area contributed by atoms with Crippen molar-refractivity contribution in [2.75, 3.05) is 19.6 Å². The number of aryl methyl sites for hydroxylation is 1. The Labute approximate surface area is 161 Å². The van der Waals surface area contributed by atoms with Gasteiger partial charge in [0.2, 0.25) is 10.0 Å². The maximum Gasteiger partial charge on any atom is 0.246 e. The number of hydrogen-bond acceptors (Lipinski definition) is 4. The third-order valence-corrected chi connectivity index (χ3v) is 7.88. The van der Waals surface area contributed by atoms with Crippen LogP contribution in [-0.4, -0.2) is 52.6 Å². The molecule has 0 bridgehead atoms. The maximum absolute atomic E-state index is 13.1. The molecule has 2 aliphatic rings. The Hall–Kier alpha value is -1.70. The van der Waals surface area contributed by atoms with Gasteiger partial charge in [-0.05, 0) is 18.4 Å². The van der Waals surface area contributed by atoms with Gasteiger partial charge in [0.05, 0.1) is 6.20 Å². The van der Waals surface area contributed by atoms with E-state index >= 15 is 0 Å². The lowest BCUT2D eigenvalue weighted by atomic mass is 9.79. The van der Waals surface area contributed by atoms with Crippen molar-refractivity contribution in [3.05, 3.63) is 48.3 Å². The lowest BCUT2D eigenvalue weighted by Gasteiger charge is -2.52. The van der Waals surface area contributed by atoms with Crippen molar-refractivity contribution in [3.63, 3.8) is 0 Å². The van der Waals surface area contributed by atoms with Crippen LogP contribution in [0.25, 0.3) is 0 Å². The first-order chi connectivity index (χ1) is 13.0. The molecule has 27 heavy (non-hydrogen) atoms. The minimum absolute atomic E-state index is 0.0539. The highest BCUT2D eigenvalue weighted by Gasteiger charge is 2.45. The van der Waals surface area contributed by atoms with Crippen LogP contribution in [0.2, 0.25) is 0 Å². The summed E-state index contributed by atoms with van der Waals surface area (Å²) in [6.45, 7) is 2.78. The molecule has 1 spiro atoms. The van der Waals surface area contributed by atoms with E-state index in [4.69, 9.17) is 0 Å². The van der Waals surface area contributed by atoms with E-state index in [9.17, 15) is 8.42 Å². The fourth-order valence-corrected chi connectivity index (χ4v) is 6.09. The van der Waals surface area contributed by atoms with Crippen LogP contribution >= 0.6 is 0 Å². The summed E-state index contributed by atoms with van der Waals surface area (Å²) in [7, 11) is -1.74. The first-order valence-corrected chi connectivity index (χ1v) is 11.2. The van der Waals surface area contributed by atoms with Gasteiger partial charge in [0.15, 0.2) is 0 Å². The number of piperazine rings is 1. The molecule has 0 N–H and O–H groups in total. The van der Waals surface area contributed by atoms with Gasteiger partial charge < -0.3 is 0 Å². The van der Waals surface area contributed by atoms with Gasteiger partial charge in [-0.25, -0.2) is 8.42 Å². The Morgan fingerprint density at radius 1 is 1.07 bits per heavy atom. The summed E-state index contributed by atoms with van der Waals surface area (Å²) in [4.78, 5) is 2.84. The van der Waals surface area contributed by atoms with E-state index < -0.39 is 10.0 Å². The summed E-state index contributed by atoms with van der Waals surface area (Å²) in [5.74, 6) is 0. The highest BCUT2D eigenvalue weighted by atomic mass is 32.2. The molecule has 7 heteroatoms. The van der Waals surface area contributed by atoms with E-state index in [0.717, 1.165) is 25.9 Å². The monoisotopic (exact) mass is 388 g/mol. The molecule has 2 aromatic rings. The number of benzene rings is 1. The summed E-state index contributed by atoms with van der Waals surface area (Å²) in [6, 6.07) is 10.5. The molecule has 1 saturated heterocycles. The number of sulfonamides is 1. The molecule has 146 valence electrons. The minimum atomic E-state index is -3.49. The van der Waals surface area contributed by atoms with Gasteiger partial charge in [0.1, 0.15) is 4.90 Å². The predicted octanol–water partition coefficient (Wildman–Crippen LogP) is 2.63.